The van der Waals surface area contributed by atoms with Crippen LogP contribution in [0.3, 0.4) is 0 Å². The second-order valence-electron chi connectivity index (χ2n) is 4.16. The number of rotatable bonds is 8. The number of hydrogen-bond donors (Lipinski definition) is 1. The van der Waals surface area contributed by atoms with Gasteiger partial charge in [0.25, 0.3) is 0 Å². The summed E-state index contributed by atoms with van der Waals surface area (Å²) in [6.07, 6.45) is 10.4. The molecule has 0 saturated carbocycles. The van der Waals surface area contributed by atoms with Gasteiger partial charge < -0.3 is 9.88 Å². The molecule has 0 spiro atoms. The Bertz CT molecular complexity index is 283. The van der Waals surface area contributed by atoms with E-state index in [1.54, 1.807) is 0 Å². The van der Waals surface area contributed by atoms with Crippen LogP contribution in [0.1, 0.15) is 37.8 Å². The molecule has 0 amide bonds. The van der Waals surface area contributed by atoms with Gasteiger partial charge in [0.2, 0.25) is 0 Å². The number of aryl methyl sites for hydroxylation is 1. The lowest BCUT2D eigenvalue weighted by atomic mass is 10.1. The van der Waals surface area contributed by atoms with E-state index >= 15 is 0 Å². The van der Waals surface area contributed by atoms with E-state index < -0.39 is 0 Å². The van der Waals surface area contributed by atoms with Crippen molar-refractivity contribution in [2.75, 3.05) is 19.1 Å². The lowest BCUT2D eigenvalue weighted by Crippen LogP contribution is -2.15. The third-order valence-electron chi connectivity index (χ3n) is 2.87. The second-order valence-corrected chi connectivity index (χ2v) is 5.14. The molecule has 16 heavy (non-hydrogen) atoms. The van der Waals surface area contributed by atoms with Gasteiger partial charge in [0.15, 0.2) is 0 Å². The lowest BCUT2D eigenvalue weighted by Gasteiger charge is -2.13. The first-order chi connectivity index (χ1) is 7.81. The van der Waals surface area contributed by atoms with Gasteiger partial charge in [-0.15, -0.1) is 0 Å². The fourth-order valence-electron chi connectivity index (χ4n) is 1.96. The van der Waals surface area contributed by atoms with Gasteiger partial charge in [0.1, 0.15) is 0 Å². The van der Waals surface area contributed by atoms with Crippen molar-refractivity contribution in [3.63, 3.8) is 0 Å². The zero-order chi connectivity index (χ0) is 11.8. The van der Waals surface area contributed by atoms with E-state index in [1.165, 1.54) is 30.6 Å². The SMILES string of the molecule is CCCC(NC)c1ccn(CCCSC)c1. The molecular formula is C13H24N2S. The van der Waals surface area contributed by atoms with Crippen LogP contribution in [0.15, 0.2) is 18.5 Å². The van der Waals surface area contributed by atoms with Gasteiger partial charge in [-0.25, -0.2) is 0 Å². The number of aromatic nitrogens is 1. The van der Waals surface area contributed by atoms with Gasteiger partial charge in [-0.3, -0.25) is 0 Å². The summed E-state index contributed by atoms with van der Waals surface area (Å²) in [5, 5.41) is 3.38. The van der Waals surface area contributed by atoms with Crippen molar-refractivity contribution in [1.82, 2.24) is 9.88 Å². The number of thioether (sulfide) groups is 1. The van der Waals surface area contributed by atoms with Gasteiger partial charge in [-0.1, -0.05) is 13.3 Å². The molecule has 3 heteroatoms. The fraction of sp³-hybridized carbons (Fsp3) is 0.692. The number of hydrogen-bond acceptors (Lipinski definition) is 2. The average Bonchev–Trinajstić information content (AvgIpc) is 2.75. The molecule has 1 atom stereocenters. The van der Waals surface area contributed by atoms with Crippen molar-refractivity contribution >= 4 is 11.8 Å². The molecule has 1 aromatic heterocycles. The normalized spacial score (nSPS) is 12.9. The fourth-order valence-corrected chi connectivity index (χ4v) is 2.38. The van der Waals surface area contributed by atoms with E-state index in [2.05, 4.69) is 41.5 Å². The third-order valence-corrected chi connectivity index (χ3v) is 3.56. The molecule has 0 aliphatic rings. The van der Waals surface area contributed by atoms with E-state index in [4.69, 9.17) is 0 Å². The third kappa shape index (κ3) is 4.22. The minimum Gasteiger partial charge on any atom is -0.354 e. The van der Waals surface area contributed by atoms with Crippen LogP contribution >= 0.6 is 11.8 Å². The van der Waals surface area contributed by atoms with Crippen LogP contribution in [0.4, 0.5) is 0 Å². The summed E-state index contributed by atoms with van der Waals surface area (Å²) >= 11 is 1.92. The molecule has 1 N–H and O–H groups in total. The lowest BCUT2D eigenvalue weighted by molar-refractivity contribution is 0.539. The summed E-state index contributed by atoms with van der Waals surface area (Å²) in [4.78, 5) is 0. The number of nitrogens with zero attached hydrogens (tertiary/aromatic N) is 1. The Morgan fingerprint density at radius 3 is 2.94 bits per heavy atom. The van der Waals surface area contributed by atoms with Crippen molar-refractivity contribution in [2.24, 2.45) is 0 Å². The van der Waals surface area contributed by atoms with Gasteiger partial charge >= 0.3 is 0 Å². The van der Waals surface area contributed by atoms with Gasteiger partial charge in [-0.05, 0) is 43.5 Å². The Balaban J connectivity index is 2.48. The summed E-state index contributed by atoms with van der Waals surface area (Å²) in [7, 11) is 2.05. The predicted molar refractivity (Wildman–Crippen MR) is 74.1 cm³/mol. The maximum Gasteiger partial charge on any atom is 0.0332 e. The number of nitrogens with one attached hydrogen (secondary N) is 1. The van der Waals surface area contributed by atoms with Crippen LogP contribution in [0.25, 0.3) is 0 Å². The maximum atomic E-state index is 3.38. The summed E-state index contributed by atoms with van der Waals surface area (Å²) < 4.78 is 2.31. The molecular weight excluding hydrogens is 216 g/mol. The summed E-state index contributed by atoms with van der Waals surface area (Å²) in [6.45, 7) is 3.38. The van der Waals surface area contributed by atoms with Crippen LogP contribution in [-0.2, 0) is 6.54 Å². The topological polar surface area (TPSA) is 17.0 Å². The molecule has 1 unspecified atom stereocenters. The highest BCUT2D eigenvalue weighted by atomic mass is 32.2. The first-order valence-electron chi connectivity index (χ1n) is 6.13. The second kappa shape index (κ2) is 7.80. The van der Waals surface area contributed by atoms with E-state index in [9.17, 15) is 0 Å². The first-order valence-corrected chi connectivity index (χ1v) is 7.53. The highest BCUT2D eigenvalue weighted by Gasteiger charge is 2.08. The molecule has 0 aliphatic carbocycles. The highest BCUT2D eigenvalue weighted by molar-refractivity contribution is 7.98. The van der Waals surface area contributed by atoms with E-state index in [-0.39, 0.29) is 0 Å². The highest BCUT2D eigenvalue weighted by Crippen LogP contribution is 2.18. The van der Waals surface area contributed by atoms with Crippen molar-refractivity contribution in [1.29, 1.82) is 0 Å². The van der Waals surface area contributed by atoms with Crippen molar-refractivity contribution in [3.8, 4) is 0 Å². The molecule has 1 aromatic rings. The molecule has 0 fully saturated rings. The van der Waals surface area contributed by atoms with Gasteiger partial charge in [-0.2, -0.15) is 11.8 Å². The summed E-state index contributed by atoms with van der Waals surface area (Å²) in [5.74, 6) is 1.25. The molecule has 2 nitrogen and oxygen atoms in total. The minimum absolute atomic E-state index is 0.520. The van der Waals surface area contributed by atoms with Crippen LogP contribution in [0.2, 0.25) is 0 Å². The first kappa shape index (κ1) is 13.7. The van der Waals surface area contributed by atoms with Gasteiger partial charge in [0.05, 0.1) is 0 Å². The van der Waals surface area contributed by atoms with Crippen LogP contribution < -0.4 is 5.32 Å². The van der Waals surface area contributed by atoms with Crippen LogP contribution in [0.5, 0.6) is 0 Å². The molecule has 0 aromatic carbocycles. The van der Waals surface area contributed by atoms with Crippen LogP contribution in [0, 0.1) is 0 Å². The van der Waals surface area contributed by atoms with Crippen molar-refractivity contribution < 1.29 is 0 Å². The van der Waals surface area contributed by atoms with E-state index in [0.717, 1.165) is 6.54 Å². The molecule has 0 saturated heterocycles. The largest absolute Gasteiger partial charge is 0.354 e. The Kier molecular flexibility index (Phi) is 6.65. The monoisotopic (exact) mass is 240 g/mol. The molecule has 0 bridgehead atoms. The quantitative estimate of drug-likeness (QED) is 0.702. The molecule has 92 valence electrons. The molecule has 0 radical (unpaired) electrons. The summed E-state index contributed by atoms with van der Waals surface area (Å²) in [5.41, 5.74) is 1.42. The van der Waals surface area contributed by atoms with Crippen LogP contribution in [-0.4, -0.2) is 23.6 Å². The van der Waals surface area contributed by atoms with Gasteiger partial charge in [0, 0.05) is 25.0 Å². The van der Waals surface area contributed by atoms with Crippen molar-refractivity contribution in [3.05, 3.63) is 24.0 Å². The molecule has 1 rings (SSSR count). The Morgan fingerprint density at radius 1 is 1.50 bits per heavy atom. The molecule has 0 aliphatic heterocycles. The smallest absolute Gasteiger partial charge is 0.0332 e. The molecule has 1 heterocycles. The Labute approximate surface area is 104 Å². The standard InChI is InChI=1S/C13H24N2S/c1-4-6-13(14-2)12-7-9-15(11-12)8-5-10-16-3/h7,9,11,13-14H,4-6,8,10H2,1-3H3. The predicted octanol–water partition coefficient (Wildman–Crippen LogP) is 3.30. The average molecular weight is 240 g/mol. The maximum absolute atomic E-state index is 3.38. The minimum atomic E-state index is 0.520. The summed E-state index contributed by atoms with van der Waals surface area (Å²) in [6, 6.07) is 2.77. The van der Waals surface area contributed by atoms with Crippen molar-refractivity contribution in [2.45, 2.75) is 38.8 Å². The Hall–Kier alpha value is -0.410. The Morgan fingerprint density at radius 2 is 2.31 bits per heavy atom. The zero-order valence-electron chi connectivity index (χ0n) is 10.7. The zero-order valence-corrected chi connectivity index (χ0v) is 11.5. The van der Waals surface area contributed by atoms with E-state index in [1.807, 2.05) is 18.8 Å². The van der Waals surface area contributed by atoms with E-state index in [0.29, 0.717) is 6.04 Å².